The molecule has 1 aliphatic heterocycles. The summed E-state index contributed by atoms with van der Waals surface area (Å²) in [6.45, 7) is 0. The molecule has 1 aromatic carbocycles. The number of methoxy groups -OCH3 is 1. The van der Waals surface area contributed by atoms with Crippen LogP contribution in [0.1, 0.15) is 16.8 Å². The summed E-state index contributed by atoms with van der Waals surface area (Å²) in [5, 5.41) is 0. The van der Waals surface area contributed by atoms with Crippen molar-refractivity contribution in [2.45, 2.75) is 12.5 Å². The van der Waals surface area contributed by atoms with Gasteiger partial charge in [0.25, 0.3) is 5.91 Å². The lowest BCUT2D eigenvalue weighted by Crippen LogP contribution is -2.62. The van der Waals surface area contributed by atoms with Gasteiger partial charge in [-0.1, -0.05) is 24.3 Å². The van der Waals surface area contributed by atoms with Gasteiger partial charge in [0.15, 0.2) is 0 Å². The maximum Gasteiger partial charge on any atom is 0.334 e. The number of carbonyl (C=O) groups is 3. The van der Waals surface area contributed by atoms with Crippen molar-refractivity contribution in [2.24, 2.45) is 5.92 Å². The Morgan fingerprint density at radius 1 is 1.25 bits per heavy atom. The first-order valence-corrected chi connectivity index (χ1v) is 6.36. The second-order valence-corrected chi connectivity index (χ2v) is 4.81. The Labute approximate surface area is 115 Å². The number of likely N-dealkylation sites (tertiary alicyclic amines) is 1. The zero-order chi connectivity index (χ0) is 14.3. The third-order valence-corrected chi connectivity index (χ3v) is 3.79. The molecule has 102 valence electrons. The molecule has 5 heteroatoms. The topological polar surface area (TPSA) is 63.7 Å². The lowest BCUT2D eigenvalue weighted by Gasteiger charge is -2.42. The maximum atomic E-state index is 12.3. The van der Waals surface area contributed by atoms with Crippen LogP contribution in [0.2, 0.25) is 0 Å². The second-order valence-electron chi connectivity index (χ2n) is 4.81. The molecule has 0 aromatic heterocycles. The predicted octanol–water partition coefficient (Wildman–Crippen LogP) is 1.16. The Bertz CT molecular complexity index is 620. The zero-order valence-electron chi connectivity index (χ0n) is 10.9. The van der Waals surface area contributed by atoms with Gasteiger partial charge in [0, 0.05) is 11.1 Å². The first-order chi connectivity index (χ1) is 9.65. The molecule has 1 heterocycles. The normalized spacial score (nSPS) is 23.8. The third-order valence-electron chi connectivity index (χ3n) is 3.79. The van der Waals surface area contributed by atoms with Gasteiger partial charge in [-0.05, 0) is 18.6 Å². The molecular formula is C15H13NO4. The lowest BCUT2D eigenvalue weighted by atomic mass is 9.85. The molecule has 2 aliphatic rings. The molecule has 2 atom stereocenters. The highest BCUT2D eigenvalue weighted by Crippen LogP contribution is 2.41. The standard InChI is InChI=1S/C15H13NO4/c1-20-15(19)10-7-8-11-12(10)14(18)16(11)13(17)9-5-3-2-4-6-9/h2-7,11-12H,8H2,1H3. The fourth-order valence-electron chi connectivity index (χ4n) is 2.80. The number of esters is 1. The van der Waals surface area contributed by atoms with E-state index in [9.17, 15) is 14.4 Å². The molecule has 0 spiro atoms. The van der Waals surface area contributed by atoms with Crippen molar-refractivity contribution >= 4 is 17.8 Å². The van der Waals surface area contributed by atoms with Crippen LogP contribution in [0.4, 0.5) is 0 Å². The van der Waals surface area contributed by atoms with Gasteiger partial charge in [-0.25, -0.2) is 4.79 Å². The van der Waals surface area contributed by atoms with Gasteiger partial charge < -0.3 is 4.74 Å². The summed E-state index contributed by atoms with van der Waals surface area (Å²) < 4.78 is 4.65. The van der Waals surface area contributed by atoms with Crippen molar-refractivity contribution in [3.8, 4) is 0 Å². The summed E-state index contributed by atoms with van der Waals surface area (Å²) in [5.41, 5.74) is 0.852. The fourth-order valence-corrected chi connectivity index (χ4v) is 2.80. The van der Waals surface area contributed by atoms with Gasteiger partial charge in [0.1, 0.15) is 0 Å². The van der Waals surface area contributed by atoms with Crippen LogP contribution in [-0.4, -0.2) is 35.8 Å². The monoisotopic (exact) mass is 271 g/mol. The number of hydrogen-bond donors (Lipinski definition) is 0. The Balaban J connectivity index is 1.80. The molecule has 2 amide bonds. The number of imide groups is 1. The van der Waals surface area contributed by atoms with E-state index in [0.29, 0.717) is 17.6 Å². The van der Waals surface area contributed by atoms with Crippen LogP contribution in [0.5, 0.6) is 0 Å². The van der Waals surface area contributed by atoms with E-state index in [2.05, 4.69) is 4.74 Å². The number of amides is 2. The highest BCUT2D eigenvalue weighted by Gasteiger charge is 2.56. The molecule has 1 saturated heterocycles. The summed E-state index contributed by atoms with van der Waals surface area (Å²) in [6, 6.07) is 8.41. The number of rotatable bonds is 2. The minimum atomic E-state index is -0.518. The number of benzene rings is 1. The molecule has 0 bridgehead atoms. The van der Waals surface area contributed by atoms with Crippen molar-refractivity contribution in [3.63, 3.8) is 0 Å². The molecule has 5 nitrogen and oxygen atoms in total. The van der Waals surface area contributed by atoms with Crippen molar-refractivity contribution in [1.82, 2.24) is 4.90 Å². The van der Waals surface area contributed by atoms with Crippen molar-refractivity contribution in [2.75, 3.05) is 7.11 Å². The quantitative estimate of drug-likeness (QED) is 0.460. The Morgan fingerprint density at radius 3 is 2.60 bits per heavy atom. The number of nitrogens with zero attached hydrogens (tertiary/aromatic N) is 1. The minimum Gasteiger partial charge on any atom is -0.466 e. The number of fused-ring (bicyclic) bond motifs is 1. The molecular weight excluding hydrogens is 258 g/mol. The van der Waals surface area contributed by atoms with E-state index in [0.717, 1.165) is 0 Å². The zero-order valence-corrected chi connectivity index (χ0v) is 10.9. The van der Waals surface area contributed by atoms with E-state index in [4.69, 9.17) is 0 Å². The first-order valence-electron chi connectivity index (χ1n) is 6.36. The van der Waals surface area contributed by atoms with Crippen LogP contribution in [0.3, 0.4) is 0 Å². The molecule has 0 saturated carbocycles. The molecule has 1 aliphatic carbocycles. The molecule has 20 heavy (non-hydrogen) atoms. The van der Waals surface area contributed by atoms with E-state index in [1.807, 2.05) is 6.07 Å². The Morgan fingerprint density at radius 2 is 1.95 bits per heavy atom. The minimum absolute atomic E-state index is 0.246. The van der Waals surface area contributed by atoms with Crippen LogP contribution in [0, 0.1) is 5.92 Å². The SMILES string of the molecule is COC(=O)C1=CCC2C1C(=O)N2C(=O)c1ccccc1. The predicted molar refractivity (Wildman–Crippen MR) is 69.6 cm³/mol. The largest absolute Gasteiger partial charge is 0.466 e. The summed E-state index contributed by atoms with van der Waals surface area (Å²) in [7, 11) is 1.28. The average molecular weight is 271 g/mol. The highest BCUT2D eigenvalue weighted by molar-refractivity contribution is 6.13. The molecule has 1 fully saturated rings. The van der Waals surface area contributed by atoms with Gasteiger partial charge in [-0.2, -0.15) is 0 Å². The van der Waals surface area contributed by atoms with Crippen LogP contribution < -0.4 is 0 Å². The summed E-state index contributed by atoms with van der Waals surface area (Å²) in [6.07, 6.45) is 2.21. The number of ether oxygens (including phenoxy) is 1. The Kier molecular flexibility index (Phi) is 2.89. The molecule has 2 unspecified atom stereocenters. The number of hydrogen-bond acceptors (Lipinski definition) is 4. The van der Waals surface area contributed by atoms with Crippen molar-refractivity contribution in [1.29, 1.82) is 0 Å². The van der Waals surface area contributed by atoms with E-state index in [1.165, 1.54) is 12.0 Å². The van der Waals surface area contributed by atoms with Gasteiger partial charge in [0.05, 0.1) is 19.1 Å². The molecule has 1 aromatic rings. The number of carbonyl (C=O) groups excluding carboxylic acids is 3. The maximum absolute atomic E-state index is 12.3. The fraction of sp³-hybridized carbons (Fsp3) is 0.267. The summed E-state index contributed by atoms with van der Waals surface area (Å²) in [5.74, 6) is -1.64. The van der Waals surface area contributed by atoms with Gasteiger partial charge >= 0.3 is 5.97 Å². The van der Waals surface area contributed by atoms with Crippen molar-refractivity contribution in [3.05, 3.63) is 47.5 Å². The van der Waals surface area contributed by atoms with Crippen molar-refractivity contribution < 1.29 is 19.1 Å². The first kappa shape index (κ1) is 12.6. The van der Waals surface area contributed by atoms with E-state index < -0.39 is 11.9 Å². The second kappa shape index (κ2) is 4.59. The third kappa shape index (κ3) is 1.66. The smallest absolute Gasteiger partial charge is 0.334 e. The van der Waals surface area contributed by atoms with Crippen LogP contribution in [-0.2, 0) is 14.3 Å². The van der Waals surface area contributed by atoms with Gasteiger partial charge in [0.2, 0.25) is 5.91 Å². The van der Waals surface area contributed by atoms with Gasteiger partial charge in [-0.15, -0.1) is 0 Å². The van der Waals surface area contributed by atoms with Gasteiger partial charge in [-0.3, -0.25) is 14.5 Å². The Hall–Kier alpha value is -2.43. The van der Waals surface area contributed by atoms with E-state index >= 15 is 0 Å². The molecule has 0 N–H and O–H groups in total. The summed E-state index contributed by atoms with van der Waals surface area (Å²) in [4.78, 5) is 37.2. The van der Waals surface area contributed by atoms with Crippen LogP contribution in [0.15, 0.2) is 42.0 Å². The highest BCUT2D eigenvalue weighted by atomic mass is 16.5. The molecule has 3 rings (SSSR count). The number of β-lactam (4-membered cyclic amide) rings is 1. The summed E-state index contributed by atoms with van der Waals surface area (Å²) >= 11 is 0. The van der Waals surface area contributed by atoms with E-state index in [1.54, 1.807) is 30.3 Å². The van der Waals surface area contributed by atoms with Crippen LogP contribution >= 0.6 is 0 Å². The lowest BCUT2D eigenvalue weighted by molar-refractivity contribution is -0.150. The molecule has 0 radical (unpaired) electrons. The van der Waals surface area contributed by atoms with E-state index in [-0.39, 0.29) is 17.9 Å². The van der Waals surface area contributed by atoms with Crippen LogP contribution in [0.25, 0.3) is 0 Å². The average Bonchev–Trinajstić information content (AvgIpc) is 2.86.